The van der Waals surface area contributed by atoms with E-state index in [-0.39, 0.29) is 24.1 Å². The molecule has 1 fully saturated rings. The molecule has 0 spiro atoms. The fourth-order valence-corrected chi connectivity index (χ4v) is 5.42. The number of rotatable bonds is 5. The second kappa shape index (κ2) is 9.61. The molecule has 0 bridgehead atoms. The van der Waals surface area contributed by atoms with Crippen molar-refractivity contribution in [1.82, 2.24) is 24.8 Å². The van der Waals surface area contributed by atoms with Gasteiger partial charge >= 0.3 is 0 Å². The van der Waals surface area contributed by atoms with Crippen molar-refractivity contribution in [1.29, 1.82) is 5.26 Å². The van der Waals surface area contributed by atoms with Crippen molar-refractivity contribution < 1.29 is 9.53 Å². The smallest absolute Gasteiger partial charge is 0.252 e. The average Bonchev–Trinajstić information content (AvgIpc) is 3.84. The molecule has 1 aromatic carbocycles. The molecule has 5 aromatic rings. The standard InChI is InChI=1S/C32H26N6O3/c1-32(17-33)18-41-16-22-3-2-20(12-25(22)32)31(40)35-15-23-13-28-21(14-34-23)5-10-26(36-28)27-9-4-19-6-11-29(39)38(24-7-8-24)30(19)37-27/h2-6,9-14,24H,7-8,15-16,18H2,1H3,(H,35,40)/t32-/m1/s1. The lowest BCUT2D eigenvalue weighted by atomic mass is 9.79. The summed E-state index contributed by atoms with van der Waals surface area (Å²) in [5.41, 5.74) is 4.88. The van der Waals surface area contributed by atoms with Crippen LogP contribution in [0.15, 0.2) is 71.7 Å². The zero-order chi connectivity index (χ0) is 28.1. The van der Waals surface area contributed by atoms with Crippen LogP contribution in [0.25, 0.3) is 33.3 Å². The van der Waals surface area contributed by atoms with Gasteiger partial charge in [0.25, 0.3) is 11.5 Å². The van der Waals surface area contributed by atoms with Crippen LogP contribution in [0.1, 0.15) is 53.0 Å². The normalized spacial score (nSPS) is 18.1. The highest BCUT2D eigenvalue weighted by atomic mass is 16.5. The molecule has 7 rings (SSSR count). The minimum atomic E-state index is -0.789. The van der Waals surface area contributed by atoms with Crippen molar-refractivity contribution in [3.05, 3.63) is 99.6 Å². The lowest BCUT2D eigenvalue weighted by Gasteiger charge is -2.30. The summed E-state index contributed by atoms with van der Waals surface area (Å²) in [6.07, 6.45) is 3.72. The van der Waals surface area contributed by atoms with Gasteiger partial charge in [0.1, 0.15) is 11.1 Å². The Bertz CT molecular complexity index is 1970. The molecule has 0 unspecified atom stereocenters. The molecule has 1 amide bonds. The van der Waals surface area contributed by atoms with Crippen LogP contribution in [0.3, 0.4) is 0 Å². The Labute approximate surface area is 235 Å². The first-order valence-corrected chi connectivity index (χ1v) is 13.6. The molecule has 0 radical (unpaired) electrons. The topological polar surface area (TPSA) is 123 Å². The largest absolute Gasteiger partial charge is 0.375 e. The van der Waals surface area contributed by atoms with E-state index in [9.17, 15) is 14.9 Å². The van der Waals surface area contributed by atoms with Crippen LogP contribution < -0.4 is 10.9 Å². The Morgan fingerprint density at radius 1 is 1.07 bits per heavy atom. The van der Waals surface area contributed by atoms with E-state index >= 15 is 0 Å². The number of fused-ring (bicyclic) bond motifs is 3. The predicted octanol–water partition coefficient (Wildman–Crippen LogP) is 4.58. The van der Waals surface area contributed by atoms with Crippen LogP contribution in [-0.2, 0) is 23.3 Å². The van der Waals surface area contributed by atoms with Gasteiger partial charge in [-0.25, -0.2) is 9.97 Å². The zero-order valence-corrected chi connectivity index (χ0v) is 22.4. The van der Waals surface area contributed by atoms with E-state index in [1.807, 2.05) is 49.4 Å². The molecule has 9 nitrogen and oxygen atoms in total. The third kappa shape index (κ3) is 4.52. The maximum absolute atomic E-state index is 13.0. The van der Waals surface area contributed by atoms with Gasteiger partial charge in [0, 0.05) is 34.6 Å². The predicted molar refractivity (Wildman–Crippen MR) is 153 cm³/mol. The highest BCUT2D eigenvalue weighted by Gasteiger charge is 2.33. The van der Waals surface area contributed by atoms with E-state index in [2.05, 4.69) is 16.4 Å². The van der Waals surface area contributed by atoms with Crippen LogP contribution in [0.2, 0.25) is 0 Å². The third-order valence-corrected chi connectivity index (χ3v) is 7.87. The molecule has 1 atom stereocenters. The number of aromatic nitrogens is 4. The molecule has 1 aliphatic heterocycles. The Hall–Kier alpha value is -4.94. The molecule has 0 saturated heterocycles. The first-order chi connectivity index (χ1) is 19.9. The van der Waals surface area contributed by atoms with E-state index in [1.165, 1.54) is 0 Å². The highest BCUT2D eigenvalue weighted by molar-refractivity contribution is 5.94. The first-order valence-electron chi connectivity index (χ1n) is 13.6. The Morgan fingerprint density at radius 2 is 1.85 bits per heavy atom. The van der Waals surface area contributed by atoms with Crippen molar-refractivity contribution in [3.8, 4) is 17.5 Å². The number of amides is 1. The van der Waals surface area contributed by atoms with Crippen LogP contribution in [0.5, 0.6) is 0 Å². The summed E-state index contributed by atoms with van der Waals surface area (Å²) in [5, 5.41) is 14.4. The summed E-state index contributed by atoms with van der Waals surface area (Å²) in [5.74, 6) is -0.245. The summed E-state index contributed by atoms with van der Waals surface area (Å²) in [4.78, 5) is 39.7. The minimum absolute atomic E-state index is 0.0302. The number of ether oxygens (including phenoxy) is 1. The van der Waals surface area contributed by atoms with Crippen LogP contribution in [-0.4, -0.2) is 32.0 Å². The van der Waals surface area contributed by atoms with Gasteiger partial charge in [-0.1, -0.05) is 6.07 Å². The van der Waals surface area contributed by atoms with Gasteiger partial charge in [-0.2, -0.15) is 5.26 Å². The number of nitrogens with one attached hydrogen (secondary N) is 1. The SMILES string of the molecule is C[C@@]1(C#N)COCc2ccc(C(=O)NCc3cc4nc(-c5ccc6ccc(=O)n(C7CC7)c6n5)ccc4cn3)cc21. The van der Waals surface area contributed by atoms with Crippen LogP contribution in [0, 0.1) is 11.3 Å². The number of nitrogens with zero attached hydrogens (tertiary/aromatic N) is 5. The fraction of sp³-hybridized carbons (Fsp3) is 0.250. The van der Waals surface area contributed by atoms with Gasteiger partial charge in [-0.15, -0.1) is 0 Å². The van der Waals surface area contributed by atoms with E-state index < -0.39 is 5.41 Å². The average molecular weight is 543 g/mol. The van der Waals surface area contributed by atoms with E-state index in [0.717, 1.165) is 40.3 Å². The third-order valence-electron chi connectivity index (χ3n) is 7.87. The number of pyridine rings is 4. The molecule has 4 aromatic heterocycles. The molecule has 1 aliphatic carbocycles. The van der Waals surface area contributed by atoms with Crippen molar-refractivity contribution in [2.45, 2.75) is 44.4 Å². The number of hydrogen-bond acceptors (Lipinski definition) is 7. The van der Waals surface area contributed by atoms with Gasteiger partial charge in [0.2, 0.25) is 0 Å². The van der Waals surface area contributed by atoms with Gasteiger partial charge in [-0.05, 0) is 79.4 Å². The van der Waals surface area contributed by atoms with Crippen LogP contribution >= 0.6 is 0 Å². The second-order valence-corrected chi connectivity index (χ2v) is 10.9. The van der Waals surface area contributed by atoms with Crippen molar-refractivity contribution >= 4 is 27.8 Å². The van der Waals surface area contributed by atoms with Gasteiger partial charge in [-0.3, -0.25) is 19.1 Å². The molecule has 202 valence electrons. The Kier molecular flexibility index (Phi) is 5.87. The molecule has 2 aliphatic rings. The molecule has 9 heteroatoms. The maximum atomic E-state index is 13.0. The highest BCUT2D eigenvalue weighted by Crippen LogP contribution is 2.36. The summed E-state index contributed by atoms with van der Waals surface area (Å²) < 4.78 is 7.36. The quantitative estimate of drug-likeness (QED) is 0.345. The van der Waals surface area contributed by atoms with E-state index in [4.69, 9.17) is 14.7 Å². The summed E-state index contributed by atoms with van der Waals surface area (Å²) in [7, 11) is 0. The van der Waals surface area contributed by atoms with Crippen LogP contribution in [0.4, 0.5) is 0 Å². The number of hydrogen-bond donors (Lipinski definition) is 1. The summed E-state index contributed by atoms with van der Waals surface area (Å²) in [6.45, 7) is 2.77. The Morgan fingerprint density at radius 3 is 2.66 bits per heavy atom. The van der Waals surface area contributed by atoms with Crippen molar-refractivity contribution in [3.63, 3.8) is 0 Å². The second-order valence-electron chi connectivity index (χ2n) is 10.9. The number of carbonyl (C=O) groups excluding carboxylic acids is 1. The number of carbonyl (C=O) groups is 1. The van der Waals surface area contributed by atoms with E-state index in [1.54, 1.807) is 29.0 Å². The monoisotopic (exact) mass is 542 g/mol. The molecule has 1 saturated carbocycles. The molecular formula is C32H26N6O3. The number of nitriles is 1. The molecule has 5 heterocycles. The maximum Gasteiger partial charge on any atom is 0.252 e. The lowest BCUT2D eigenvalue weighted by Crippen LogP contribution is -2.33. The van der Waals surface area contributed by atoms with Gasteiger partial charge < -0.3 is 10.1 Å². The lowest BCUT2D eigenvalue weighted by molar-refractivity contribution is 0.0757. The molecule has 41 heavy (non-hydrogen) atoms. The minimum Gasteiger partial charge on any atom is -0.375 e. The summed E-state index contributed by atoms with van der Waals surface area (Å²) in [6, 6.07) is 20.9. The zero-order valence-electron chi connectivity index (χ0n) is 22.4. The fourth-order valence-electron chi connectivity index (χ4n) is 5.42. The Balaban J connectivity index is 1.14. The number of benzene rings is 1. The van der Waals surface area contributed by atoms with Crippen molar-refractivity contribution in [2.24, 2.45) is 0 Å². The van der Waals surface area contributed by atoms with E-state index in [0.29, 0.717) is 41.5 Å². The molecule has 1 N–H and O–H groups in total. The van der Waals surface area contributed by atoms with Crippen molar-refractivity contribution in [2.75, 3.05) is 6.61 Å². The molecular weight excluding hydrogens is 516 g/mol. The first kappa shape index (κ1) is 25.1. The van der Waals surface area contributed by atoms with Gasteiger partial charge in [0.15, 0.2) is 0 Å². The summed E-state index contributed by atoms with van der Waals surface area (Å²) >= 11 is 0. The van der Waals surface area contributed by atoms with Gasteiger partial charge in [0.05, 0.1) is 48.4 Å².